The summed E-state index contributed by atoms with van der Waals surface area (Å²) in [5.41, 5.74) is 2.18. The summed E-state index contributed by atoms with van der Waals surface area (Å²) >= 11 is 9.17. The van der Waals surface area contributed by atoms with Crippen LogP contribution in [0.1, 0.15) is 11.1 Å². The van der Waals surface area contributed by atoms with Crippen LogP contribution in [0.2, 0.25) is 5.02 Å². The van der Waals surface area contributed by atoms with Gasteiger partial charge in [0.1, 0.15) is 12.4 Å². The number of aromatic nitrogens is 1. The van der Waals surface area contributed by atoms with Crippen LogP contribution in [-0.4, -0.2) is 4.98 Å². The molecule has 0 aliphatic carbocycles. The second-order valence-electron chi connectivity index (χ2n) is 4.97. The monoisotopic (exact) mass is 379 g/mol. The highest BCUT2D eigenvalue weighted by molar-refractivity contribution is 9.10. The maximum atomic E-state index is 13.8. The van der Waals surface area contributed by atoms with Crippen LogP contribution < -0.4 is 4.74 Å². The zero-order valence-corrected chi connectivity index (χ0v) is 14.1. The number of halogens is 3. The molecule has 2 aromatic carbocycles. The van der Waals surface area contributed by atoms with Gasteiger partial charge >= 0.3 is 0 Å². The van der Waals surface area contributed by atoms with Gasteiger partial charge in [0.25, 0.3) is 0 Å². The summed E-state index contributed by atoms with van der Waals surface area (Å²) < 4.78 is 20.4. The average molecular weight is 381 g/mol. The van der Waals surface area contributed by atoms with E-state index in [1.165, 1.54) is 6.07 Å². The molecule has 0 bridgehead atoms. The molecule has 0 unspecified atom stereocenters. The number of aryl methyl sites for hydroxylation is 1. The van der Waals surface area contributed by atoms with E-state index in [2.05, 4.69) is 20.9 Å². The standard InChI is InChI=1S/C17H12BrClFNO/c1-10-6-11-2-4-13(18)7-16(11)21-17(10)22-9-12-3-5-14(19)8-15(12)20/h2-8H,9H2,1H3. The Balaban J connectivity index is 1.88. The molecule has 0 spiro atoms. The second kappa shape index (κ2) is 6.23. The first-order valence-electron chi connectivity index (χ1n) is 6.66. The van der Waals surface area contributed by atoms with Crippen LogP contribution in [0.3, 0.4) is 0 Å². The van der Waals surface area contributed by atoms with Crippen molar-refractivity contribution in [2.24, 2.45) is 0 Å². The highest BCUT2D eigenvalue weighted by Crippen LogP contribution is 2.25. The fourth-order valence-electron chi connectivity index (χ4n) is 2.16. The van der Waals surface area contributed by atoms with Gasteiger partial charge in [-0.25, -0.2) is 9.37 Å². The Bertz CT molecular complexity index is 853. The zero-order chi connectivity index (χ0) is 15.7. The second-order valence-corrected chi connectivity index (χ2v) is 6.32. The van der Waals surface area contributed by atoms with Gasteiger partial charge in [-0.05, 0) is 37.3 Å². The van der Waals surface area contributed by atoms with Crippen molar-refractivity contribution < 1.29 is 9.13 Å². The topological polar surface area (TPSA) is 22.1 Å². The van der Waals surface area contributed by atoms with Gasteiger partial charge in [-0.2, -0.15) is 0 Å². The summed E-state index contributed by atoms with van der Waals surface area (Å²) in [6.45, 7) is 2.03. The first-order chi connectivity index (χ1) is 10.5. The summed E-state index contributed by atoms with van der Waals surface area (Å²) in [7, 11) is 0. The summed E-state index contributed by atoms with van der Waals surface area (Å²) in [6, 6.07) is 12.4. The summed E-state index contributed by atoms with van der Waals surface area (Å²) in [4.78, 5) is 4.50. The Kier molecular flexibility index (Phi) is 4.32. The molecule has 0 fully saturated rings. The minimum Gasteiger partial charge on any atom is -0.472 e. The lowest BCUT2D eigenvalue weighted by atomic mass is 10.1. The minimum atomic E-state index is -0.381. The van der Waals surface area contributed by atoms with E-state index in [0.29, 0.717) is 16.5 Å². The molecular formula is C17H12BrClFNO. The lowest BCUT2D eigenvalue weighted by Crippen LogP contribution is -2.01. The van der Waals surface area contributed by atoms with Crippen molar-refractivity contribution in [2.45, 2.75) is 13.5 Å². The van der Waals surface area contributed by atoms with Crippen LogP contribution in [-0.2, 0) is 6.61 Å². The van der Waals surface area contributed by atoms with Crippen molar-refractivity contribution in [3.8, 4) is 5.88 Å². The molecule has 2 nitrogen and oxygen atoms in total. The van der Waals surface area contributed by atoms with Gasteiger partial charge in [-0.3, -0.25) is 0 Å². The van der Waals surface area contributed by atoms with Crippen molar-refractivity contribution in [3.05, 3.63) is 68.9 Å². The molecule has 3 aromatic rings. The Hall–Kier alpha value is -1.65. The van der Waals surface area contributed by atoms with Gasteiger partial charge < -0.3 is 4.74 Å². The molecule has 0 saturated carbocycles. The molecule has 0 atom stereocenters. The van der Waals surface area contributed by atoms with Crippen molar-refractivity contribution in [1.29, 1.82) is 0 Å². The van der Waals surface area contributed by atoms with E-state index in [-0.39, 0.29) is 12.4 Å². The molecular weight excluding hydrogens is 369 g/mol. The normalized spacial score (nSPS) is 10.9. The number of hydrogen-bond acceptors (Lipinski definition) is 2. The van der Waals surface area contributed by atoms with E-state index >= 15 is 0 Å². The van der Waals surface area contributed by atoms with Gasteiger partial charge in [-0.1, -0.05) is 39.7 Å². The average Bonchev–Trinajstić information content (AvgIpc) is 2.47. The molecule has 112 valence electrons. The van der Waals surface area contributed by atoms with Gasteiger partial charge in [0.2, 0.25) is 5.88 Å². The number of pyridine rings is 1. The predicted octanol–water partition coefficient (Wildman–Crippen LogP) is 5.68. The van der Waals surface area contributed by atoms with Crippen molar-refractivity contribution in [2.75, 3.05) is 0 Å². The number of benzene rings is 2. The van der Waals surface area contributed by atoms with Crippen molar-refractivity contribution >= 4 is 38.4 Å². The first kappa shape index (κ1) is 15.3. The van der Waals surface area contributed by atoms with E-state index < -0.39 is 0 Å². The number of fused-ring (bicyclic) bond motifs is 1. The molecule has 1 aromatic heterocycles. The fraction of sp³-hybridized carbons (Fsp3) is 0.118. The molecule has 3 rings (SSSR count). The SMILES string of the molecule is Cc1cc2ccc(Br)cc2nc1OCc1ccc(Cl)cc1F. The minimum absolute atomic E-state index is 0.107. The van der Waals surface area contributed by atoms with E-state index in [1.807, 2.05) is 31.2 Å². The van der Waals surface area contributed by atoms with Crippen LogP contribution in [0, 0.1) is 12.7 Å². The molecule has 0 saturated heterocycles. The summed E-state index contributed by atoms with van der Waals surface area (Å²) in [5, 5.41) is 1.40. The Labute approximate surface area is 141 Å². The Morgan fingerprint density at radius 3 is 2.77 bits per heavy atom. The highest BCUT2D eigenvalue weighted by atomic mass is 79.9. The van der Waals surface area contributed by atoms with E-state index in [1.54, 1.807) is 12.1 Å². The maximum Gasteiger partial charge on any atom is 0.217 e. The van der Waals surface area contributed by atoms with Crippen molar-refractivity contribution in [3.63, 3.8) is 0 Å². The van der Waals surface area contributed by atoms with Crippen LogP contribution in [0.4, 0.5) is 4.39 Å². The summed E-state index contributed by atoms with van der Waals surface area (Å²) in [6.07, 6.45) is 0. The summed E-state index contributed by atoms with van der Waals surface area (Å²) in [5.74, 6) is 0.119. The molecule has 0 aliphatic rings. The molecule has 0 aliphatic heterocycles. The van der Waals surface area contributed by atoms with Gasteiger partial charge in [0.15, 0.2) is 0 Å². The van der Waals surface area contributed by atoms with E-state index in [0.717, 1.165) is 20.9 Å². The molecule has 1 heterocycles. The first-order valence-corrected chi connectivity index (χ1v) is 7.83. The molecule has 22 heavy (non-hydrogen) atoms. The number of nitrogens with zero attached hydrogens (tertiary/aromatic N) is 1. The van der Waals surface area contributed by atoms with Crippen LogP contribution in [0.25, 0.3) is 10.9 Å². The lowest BCUT2D eigenvalue weighted by molar-refractivity contribution is 0.287. The van der Waals surface area contributed by atoms with Crippen molar-refractivity contribution in [1.82, 2.24) is 4.98 Å². The molecule has 0 N–H and O–H groups in total. The third-order valence-corrected chi connectivity index (χ3v) is 4.03. The van der Waals surface area contributed by atoms with Crippen LogP contribution in [0.5, 0.6) is 5.88 Å². The van der Waals surface area contributed by atoms with Gasteiger partial charge in [0, 0.05) is 26.0 Å². The van der Waals surface area contributed by atoms with E-state index in [9.17, 15) is 4.39 Å². The molecule has 5 heteroatoms. The number of hydrogen-bond donors (Lipinski definition) is 0. The third-order valence-electron chi connectivity index (χ3n) is 3.30. The Morgan fingerprint density at radius 1 is 1.18 bits per heavy atom. The smallest absolute Gasteiger partial charge is 0.217 e. The van der Waals surface area contributed by atoms with Crippen LogP contribution >= 0.6 is 27.5 Å². The van der Waals surface area contributed by atoms with E-state index in [4.69, 9.17) is 16.3 Å². The number of ether oxygens (including phenoxy) is 1. The zero-order valence-electron chi connectivity index (χ0n) is 11.7. The van der Waals surface area contributed by atoms with Crippen LogP contribution in [0.15, 0.2) is 46.9 Å². The van der Waals surface area contributed by atoms with Gasteiger partial charge in [0.05, 0.1) is 5.52 Å². The van der Waals surface area contributed by atoms with Gasteiger partial charge in [-0.15, -0.1) is 0 Å². The lowest BCUT2D eigenvalue weighted by Gasteiger charge is -2.10. The molecule has 0 amide bonds. The quantitative estimate of drug-likeness (QED) is 0.583. The predicted molar refractivity (Wildman–Crippen MR) is 89.9 cm³/mol. The fourth-order valence-corrected chi connectivity index (χ4v) is 2.67. The Morgan fingerprint density at radius 2 is 2.00 bits per heavy atom. The largest absolute Gasteiger partial charge is 0.472 e. The molecule has 0 radical (unpaired) electrons. The maximum absolute atomic E-state index is 13.8. The third kappa shape index (κ3) is 3.23. The highest BCUT2D eigenvalue weighted by Gasteiger charge is 2.08. The number of rotatable bonds is 3.